The number of hydroxylamine groups is 1. The molecule has 2 rings (SSSR count). The molecule has 0 saturated carbocycles. The lowest BCUT2D eigenvalue weighted by Crippen LogP contribution is -2.27. The number of rotatable bonds is 4. The summed E-state index contributed by atoms with van der Waals surface area (Å²) in [4.78, 5) is 0. The highest BCUT2D eigenvalue weighted by Gasteiger charge is 2.14. The van der Waals surface area contributed by atoms with Crippen molar-refractivity contribution in [2.75, 3.05) is 6.79 Å². The van der Waals surface area contributed by atoms with Crippen molar-refractivity contribution in [3.63, 3.8) is 0 Å². The standard InChI is InChI=1S/C11H15NO3/c1-2-9(12-13)5-8-3-4-10-11(6-8)15-7-14-10/h3-4,6,9,12-13H,2,5,7H2,1H3. The van der Waals surface area contributed by atoms with Gasteiger partial charge >= 0.3 is 0 Å². The van der Waals surface area contributed by atoms with Gasteiger partial charge in [-0.25, -0.2) is 5.48 Å². The zero-order valence-corrected chi connectivity index (χ0v) is 8.69. The summed E-state index contributed by atoms with van der Waals surface area (Å²) in [6.07, 6.45) is 1.66. The third kappa shape index (κ3) is 2.22. The minimum atomic E-state index is 0.0883. The lowest BCUT2D eigenvalue weighted by atomic mass is 10.0. The van der Waals surface area contributed by atoms with Crippen LogP contribution in [0.1, 0.15) is 18.9 Å². The Morgan fingerprint density at radius 3 is 2.93 bits per heavy atom. The Hall–Kier alpha value is -1.26. The Bertz CT molecular complexity index is 337. The van der Waals surface area contributed by atoms with E-state index >= 15 is 0 Å². The smallest absolute Gasteiger partial charge is 0.231 e. The SMILES string of the molecule is CCC(Cc1ccc2c(c1)OCO2)NO. The molecular formula is C11H15NO3. The molecule has 0 radical (unpaired) electrons. The van der Waals surface area contributed by atoms with E-state index in [4.69, 9.17) is 14.7 Å². The van der Waals surface area contributed by atoms with Crippen LogP contribution in [0.25, 0.3) is 0 Å². The van der Waals surface area contributed by atoms with Crippen LogP contribution in [0, 0.1) is 0 Å². The van der Waals surface area contributed by atoms with E-state index in [1.54, 1.807) is 0 Å². The topological polar surface area (TPSA) is 50.7 Å². The van der Waals surface area contributed by atoms with Gasteiger partial charge in [-0.3, -0.25) is 0 Å². The average molecular weight is 209 g/mol. The second kappa shape index (κ2) is 4.51. The van der Waals surface area contributed by atoms with Gasteiger partial charge in [0.05, 0.1) is 0 Å². The summed E-state index contributed by atoms with van der Waals surface area (Å²) < 4.78 is 10.5. The van der Waals surface area contributed by atoms with Gasteiger partial charge in [-0.05, 0) is 30.5 Å². The van der Waals surface area contributed by atoms with Crippen LogP contribution in [0.15, 0.2) is 18.2 Å². The zero-order valence-electron chi connectivity index (χ0n) is 8.69. The Kier molecular flexibility index (Phi) is 3.08. The number of fused-ring (bicyclic) bond motifs is 1. The van der Waals surface area contributed by atoms with Crippen molar-refractivity contribution in [1.82, 2.24) is 5.48 Å². The largest absolute Gasteiger partial charge is 0.454 e. The molecule has 15 heavy (non-hydrogen) atoms. The minimum Gasteiger partial charge on any atom is -0.454 e. The van der Waals surface area contributed by atoms with Crippen LogP contribution in [0.4, 0.5) is 0 Å². The summed E-state index contributed by atoms with van der Waals surface area (Å²) >= 11 is 0. The highest BCUT2D eigenvalue weighted by Crippen LogP contribution is 2.32. The number of hydrogen-bond acceptors (Lipinski definition) is 4. The molecule has 1 unspecified atom stereocenters. The molecule has 0 fully saturated rings. The molecule has 4 nitrogen and oxygen atoms in total. The molecule has 82 valence electrons. The quantitative estimate of drug-likeness (QED) is 0.741. The molecule has 0 spiro atoms. The second-order valence-corrected chi connectivity index (χ2v) is 3.63. The van der Waals surface area contributed by atoms with Crippen LogP contribution < -0.4 is 15.0 Å². The fourth-order valence-electron chi connectivity index (χ4n) is 1.63. The molecule has 0 bridgehead atoms. The summed E-state index contributed by atoms with van der Waals surface area (Å²) in [6.45, 7) is 2.33. The van der Waals surface area contributed by atoms with Gasteiger partial charge in [0.1, 0.15) is 0 Å². The molecule has 1 aliphatic heterocycles. The third-order valence-corrected chi connectivity index (χ3v) is 2.59. The molecule has 0 aromatic heterocycles. The Morgan fingerprint density at radius 1 is 1.40 bits per heavy atom. The summed E-state index contributed by atoms with van der Waals surface area (Å²) in [5.74, 6) is 1.59. The summed E-state index contributed by atoms with van der Waals surface area (Å²) in [7, 11) is 0. The van der Waals surface area contributed by atoms with E-state index in [0.717, 1.165) is 29.9 Å². The Labute approximate surface area is 88.8 Å². The minimum absolute atomic E-state index is 0.0883. The first-order valence-corrected chi connectivity index (χ1v) is 5.11. The predicted octanol–water partition coefficient (Wildman–Crippen LogP) is 1.72. The van der Waals surface area contributed by atoms with Gasteiger partial charge in [-0.15, -0.1) is 0 Å². The molecule has 1 aromatic carbocycles. The average Bonchev–Trinajstić information content (AvgIpc) is 2.73. The van der Waals surface area contributed by atoms with E-state index in [9.17, 15) is 0 Å². The Balaban J connectivity index is 2.09. The molecule has 0 saturated heterocycles. The van der Waals surface area contributed by atoms with E-state index < -0.39 is 0 Å². The van der Waals surface area contributed by atoms with Gasteiger partial charge in [-0.1, -0.05) is 13.0 Å². The fourth-order valence-corrected chi connectivity index (χ4v) is 1.63. The van der Waals surface area contributed by atoms with Gasteiger partial charge in [0.2, 0.25) is 6.79 Å². The van der Waals surface area contributed by atoms with Crippen LogP contribution in [0.5, 0.6) is 11.5 Å². The maximum atomic E-state index is 8.87. The van der Waals surface area contributed by atoms with Crippen molar-refractivity contribution in [3.05, 3.63) is 23.8 Å². The number of benzene rings is 1. The number of hydrogen-bond donors (Lipinski definition) is 2. The van der Waals surface area contributed by atoms with Gasteiger partial charge < -0.3 is 14.7 Å². The van der Waals surface area contributed by atoms with Crippen molar-refractivity contribution < 1.29 is 14.7 Å². The predicted molar refractivity (Wildman–Crippen MR) is 55.3 cm³/mol. The van der Waals surface area contributed by atoms with Crippen molar-refractivity contribution in [1.29, 1.82) is 0 Å². The van der Waals surface area contributed by atoms with E-state index in [1.807, 2.05) is 25.1 Å². The van der Waals surface area contributed by atoms with E-state index in [1.165, 1.54) is 0 Å². The molecule has 4 heteroatoms. The monoisotopic (exact) mass is 209 g/mol. The maximum absolute atomic E-state index is 8.87. The van der Waals surface area contributed by atoms with Gasteiger partial charge in [0, 0.05) is 6.04 Å². The summed E-state index contributed by atoms with van der Waals surface area (Å²) in [5.41, 5.74) is 3.43. The molecule has 0 aliphatic carbocycles. The van der Waals surface area contributed by atoms with Crippen molar-refractivity contribution in [2.45, 2.75) is 25.8 Å². The van der Waals surface area contributed by atoms with Crippen LogP contribution in [0.3, 0.4) is 0 Å². The summed E-state index contributed by atoms with van der Waals surface area (Å²) in [6, 6.07) is 5.95. The summed E-state index contributed by atoms with van der Waals surface area (Å²) in [5, 5.41) is 8.87. The molecule has 2 N–H and O–H groups in total. The lowest BCUT2D eigenvalue weighted by Gasteiger charge is -2.12. The molecule has 1 atom stereocenters. The third-order valence-electron chi connectivity index (χ3n) is 2.59. The number of ether oxygens (including phenoxy) is 2. The Morgan fingerprint density at radius 2 is 2.20 bits per heavy atom. The fraction of sp³-hybridized carbons (Fsp3) is 0.455. The molecule has 1 heterocycles. The second-order valence-electron chi connectivity index (χ2n) is 3.63. The van der Waals surface area contributed by atoms with Crippen LogP contribution in [0.2, 0.25) is 0 Å². The zero-order chi connectivity index (χ0) is 10.7. The van der Waals surface area contributed by atoms with Crippen molar-refractivity contribution in [3.8, 4) is 11.5 Å². The highest BCUT2D eigenvalue weighted by molar-refractivity contribution is 5.44. The normalized spacial score (nSPS) is 15.3. The number of nitrogens with one attached hydrogen (secondary N) is 1. The van der Waals surface area contributed by atoms with Crippen LogP contribution in [-0.4, -0.2) is 18.0 Å². The van der Waals surface area contributed by atoms with Crippen LogP contribution >= 0.6 is 0 Å². The van der Waals surface area contributed by atoms with Gasteiger partial charge in [0.25, 0.3) is 0 Å². The van der Waals surface area contributed by atoms with Crippen LogP contribution in [-0.2, 0) is 6.42 Å². The van der Waals surface area contributed by atoms with Gasteiger partial charge in [0.15, 0.2) is 11.5 Å². The molecular weight excluding hydrogens is 194 g/mol. The first-order chi connectivity index (χ1) is 7.33. The first kappa shape index (κ1) is 10.3. The lowest BCUT2D eigenvalue weighted by molar-refractivity contribution is 0.123. The van der Waals surface area contributed by atoms with E-state index in [-0.39, 0.29) is 6.04 Å². The molecule has 1 aliphatic rings. The first-order valence-electron chi connectivity index (χ1n) is 5.11. The van der Waals surface area contributed by atoms with E-state index in [0.29, 0.717) is 6.79 Å². The molecule has 0 amide bonds. The highest BCUT2D eigenvalue weighted by atomic mass is 16.7. The van der Waals surface area contributed by atoms with E-state index in [2.05, 4.69) is 5.48 Å². The van der Waals surface area contributed by atoms with Crippen molar-refractivity contribution >= 4 is 0 Å². The maximum Gasteiger partial charge on any atom is 0.231 e. The molecule has 1 aromatic rings. The van der Waals surface area contributed by atoms with Crippen molar-refractivity contribution in [2.24, 2.45) is 0 Å². The van der Waals surface area contributed by atoms with Gasteiger partial charge in [-0.2, -0.15) is 0 Å².